The summed E-state index contributed by atoms with van der Waals surface area (Å²) in [5.74, 6) is -1.08. The van der Waals surface area contributed by atoms with Gasteiger partial charge in [-0.25, -0.2) is 4.39 Å². The lowest BCUT2D eigenvalue weighted by Gasteiger charge is -2.40. The van der Waals surface area contributed by atoms with Crippen molar-refractivity contribution in [3.8, 4) is 5.75 Å². The number of fused-ring (bicyclic) bond motifs is 3. The Bertz CT molecular complexity index is 1130. The number of carbonyl (C=O) groups excluding carboxylic acids is 2. The van der Waals surface area contributed by atoms with Crippen molar-refractivity contribution < 1.29 is 28.9 Å². The molecule has 0 saturated heterocycles. The highest BCUT2D eigenvalue weighted by molar-refractivity contribution is 5.96. The van der Waals surface area contributed by atoms with Gasteiger partial charge in [-0.05, 0) is 42.3 Å². The van der Waals surface area contributed by atoms with Crippen molar-refractivity contribution in [3.05, 3.63) is 89.3 Å². The van der Waals surface area contributed by atoms with E-state index in [2.05, 4.69) is 5.32 Å². The molecule has 2 aliphatic rings. The van der Waals surface area contributed by atoms with Crippen molar-refractivity contribution in [3.63, 3.8) is 0 Å². The molecule has 3 N–H and O–H groups in total. The van der Waals surface area contributed by atoms with E-state index >= 15 is 0 Å². The molecular formula is C27H29FN2O5. The van der Waals surface area contributed by atoms with Crippen LogP contribution >= 0.6 is 0 Å². The first-order chi connectivity index (χ1) is 16.9. The molecule has 0 fully saturated rings. The van der Waals surface area contributed by atoms with Gasteiger partial charge >= 0.3 is 0 Å². The quantitative estimate of drug-likeness (QED) is 0.504. The number of benzene rings is 2. The third-order valence-corrected chi connectivity index (χ3v) is 6.28. The van der Waals surface area contributed by atoms with Crippen LogP contribution in [0.15, 0.2) is 72.3 Å². The van der Waals surface area contributed by atoms with Gasteiger partial charge in [0.05, 0.1) is 18.6 Å². The second kappa shape index (κ2) is 10.8. The summed E-state index contributed by atoms with van der Waals surface area (Å²) in [6.07, 6.45) is 3.52. The summed E-state index contributed by atoms with van der Waals surface area (Å²) in [5.41, 5.74) is 1.82. The van der Waals surface area contributed by atoms with Crippen LogP contribution in [0.25, 0.3) is 0 Å². The highest BCUT2D eigenvalue weighted by Crippen LogP contribution is 2.47. The number of para-hydroxylation sites is 1. The molecule has 1 aliphatic heterocycles. The molecular weight excluding hydrogens is 451 g/mol. The molecule has 8 heteroatoms. The van der Waals surface area contributed by atoms with Crippen molar-refractivity contribution >= 4 is 11.8 Å². The van der Waals surface area contributed by atoms with E-state index in [1.54, 1.807) is 30.4 Å². The molecule has 1 heterocycles. The van der Waals surface area contributed by atoms with Crippen molar-refractivity contribution in [1.29, 1.82) is 0 Å². The molecule has 35 heavy (non-hydrogen) atoms. The molecule has 0 aromatic heterocycles. The maximum atomic E-state index is 13.5. The monoisotopic (exact) mass is 480 g/mol. The van der Waals surface area contributed by atoms with Crippen LogP contribution in [-0.4, -0.2) is 58.3 Å². The number of amides is 2. The molecule has 2 amide bonds. The fourth-order valence-electron chi connectivity index (χ4n) is 4.62. The van der Waals surface area contributed by atoms with E-state index in [1.807, 2.05) is 25.1 Å². The Morgan fingerprint density at radius 3 is 2.63 bits per heavy atom. The zero-order valence-corrected chi connectivity index (χ0v) is 19.4. The molecule has 4 atom stereocenters. The molecule has 2 aromatic rings. The Hall–Kier alpha value is -3.49. The summed E-state index contributed by atoms with van der Waals surface area (Å²) < 4.78 is 19.6. The van der Waals surface area contributed by atoms with Crippen LogP contribution in [0.3, 0.4) is 0 Å². The van der Waals surface area contributed by atoms with Crippen LogP contribution in [0.5, 0.6) is 5.75 Å². The van der Waals surface area contributed by atoms with Crippen LogP contribution in [0.2, 0.25) is 0 Å². The number of aliphatic hydroxyl groups is 2. The van der Waals surface area contributed by atoms with Gasteiger partial charge in [0.2, 0.25) is 11.8 Å². The highest BCUT2D eigenvalue weighted by Gasteiger charge is 2.50. The van der Waals surface area contributed by atoms with Crippen molar-refractivity contribution in [1.82, 2.24) is 10.2 Å². The zero-order chi connectivity index (χ0) is 24.9. The molecule has 7 nitrogen and oxygen atoms in total. The normalized spacial score (nSPS) is 22.7. The number of halogens is 1. The summed E-state index contributed by atoms with van der Waals surface area (Å²) in [6.45, 7) is 1.85. The zero-order valence-electron chi connectivity index (χ0n) is 19.4. The number of rotatable bonds is 8. The van der Waals surface area contributed by atoms with E-state index in [0.717, 1.165) is 5.56 Å². The van der Waals surface area contributed by atoms with Gasteiger partial charge in [-0.1, -0.05) is 43.3 Å². The fourth-order valence-corrected chi connectivity index (χ4v) is 4.62. The average Bonchev–Trinajstić information content (AvgIpc) is 3.26. The number of hydrogen-bond donors (Lipinski definition) is 3. The van der Waals surface area contributed by atoms with E-state index in [9.17, 15) is 24.2 Å². The van der Waals surface area contributed by atoms with E-state index in [4.69, 9.17) is 4.74 Å². The standard InChI is InChI=1S/C27H29FN2O5/c1-2-3-8-23(32)30(16-17-9-11-18(28)12-10-17)21-15-20(27(34)29-13-14-31)24-19-6-4-5-7-22(19)35-26(24)25(21)33/h3-12,15,21,24-26,31,33H,2,13-14,16H2,1H3,(H,29,34). The van der Waals surface area contributed by atoms with E-state index in [-0.39, 0.29) is 25.6 Å². The topological polar surface area (TPSA) is 99.1 Å². The molecule has 4 unspecified atom stereocenters. The number of carbonyl (C=O) groups is 2. The fraction of sp³-hybridized carbons (Fsp3) is 0.333. The first-order valence-corrected chi connectivity index (χ1v) is 11.7. The van der Waals surface area contributed by atoms with Crippen LogP contribution in [0.4, 0.5) is 4.39 Å². The number of allylic oxidation sites excluding steroid dienone is 1. The van der Waals surface area contributed by atoms with Crippen LogP contribution in [0, 0.1) is 5.82 Å². The molecule has 0 spiro atoms. The summed E-state index contributed by atoms with van der Waals surface area (Å²) >= 11 is 0. The molecule has 184 valence electrons. The minimum Gasteiger partial charge on any atom is -0.486 e. The number of nitrogens with zero attached hydrogens (tertiary/aromatic N) is 1. The Kier molecular flexibility index (Phi) is 7.63. The van der Waals surface area contributed by atoms with Gasteiger partial charge in [0.25, 0.3) is 0 Å². The minimum atomic E-state index is -1.12. The maximum Gasteiger partial charge on any atom is 0.247 e. The smallest absolute Gasteiger partial charge is 0.247 e. The number of aliphatic hydroxyl groups excluding tert-OH is 2. The average molecular weight is 481 g/mol. The lowest BCUT2D eigenvalue weighted by molar-refractivity contribution is -0.133. The number of ether oxygens (including phenoxy) is 1. The van der Waals surface area contributed by atoms with E-state index in [0.29, 0.717) is 23.3 Å². The lowest BCUT2D eigenvalue weighted by atomic mass is 9.77. The predicted molar refractivity (Wildman–Crippen MR) is 128 cm³/mol. The van der Waals surface area contributed by atoms with Gasteiger partial charge in [0.15, 0.2) is 0 Å². The molecule has 0 saturated carbocycles. The van der Waals surface area contributed by atoms with Gasteiger partial charge in [-0.15, -0.1) is 0 Å². The molecule has 0 bridgehead atoms. The van der Waals surface area contributed by atoms with Crippen molar-refractivity contribution in [2.45, 2.75) is 44.1 Å². The third kappa shape index (κ3) is 5.13. The molecule has 2 aromatic carbocycles. The number of hydrogen-bond acceptors (Lipinski definition) is 5. The van der Waals surface area contributed by atoms with Gasteiger partial charge in [0, 0.05) is 24.2 Å². The molecule has 4 rings (SSSR count). The first kappa shape index (κ1) is 24.6. The Morgan fingerprint density at radius 2 is 1.91 bits per heavy atom. The van der Waals surface area contributed by atoms with Crippen LogP contribution in [-0.2, 0) is 16.1 Å². The van der Waals surface area contributed by atoms with Crippen molar-refractivity contribution in [2.75, 3.05) is 13.2 Å². The SMILES string of the molecule is CCC=CC(=O)N(Cc1ccc(F)cc1)C1C=C(C(=O)NCCO)C2c3ccccc3OC2C1O. The van der Waals surface area contributed by atoms with Crippen molar-refractivity contribution in [2.24, 2.45) is 0 Å². The molecule has 0 radical (unpaired) electrons. The van der Waals surface area contributed by atoms with Gasteiger partial charge in [0.1, 0.15) is 23.8 Å². The summed E-state index contributed by atoms with van der Waals surface area (Å²) in [4.78, 5) is 27.8. The van der Waals surface area contributed by atoms with E-state index in [1.165, 1.54) is 23.1 Å². The predicted octanol–water partition coefficient (Wildman–Crippen LogP) is 2.44. The Labute approximate surface area is 203 Å². The lowest BCUT2D eigenvalue weighted by Crippen LogP contribution is -2.55. The van der Waals surface area contributed by atoms with Gasteiger partial charge in [-0.2, -0.15) is 0 Å². The summed E-state index contributed by atoms with van der Waals surface area (Å²) in [6, 6.07) is 12.2. The van der Waals surface area contributed by atoms with Gasteiger partial charge in [-0.3, -0.25) is 9.59 Å². The summed E-state index contributed by atoms with van der Waals surface area (Å²) in [7, 11) is 0. The third-order valence-electron chi connectivity index (χ3n) is 6.28. The van der Waals surface area contributed by atoms with E-state index < -0.39 is 35.9 Å². The summed E-state index contributed by atoms with van der Waals surface area (Å²) in [5, 5.41) is 23.3. The van der Waals surface area contributed by atoms with Crippen LogP contribution < -0.4 is 10.1 Å². The second-order valence-electron chi connectivity index (χ2n) is 8.58. The highest BCUT2D eigenvalue weighted by atomic mass is 19.1. The number of nitrogens with one attached hydrogen (secondary N) is 1. The Morgan fingerprint density at radius 1 is 1.17 bits per heavy atom. The first-order valence-electron chi connectivity index (χ1n) is 11.7. The van der Waals surface area contributed by atoms with Gasteiger partial charge < -0.3 is 25.2 Å². The maximum absolute atomic E-state index is 13.5. The minimum absolute atomic E-state index is 0.0702. The molecule has 1 aliphatic carbocycles. The largest absolute Gasteiger partial charge is 0.486 e. The van der Waals surface area contributed by atoms with Crippen LogP contribution in [0.1, 0.15) is 30.4 Å². The second-order valence-corrected chi connectivity index (χ2v) is 8.58. The Balaban J connectivity index is 1.76.